The van der Waals surface area contributed by atoms with E-state index in [-0.39, 0.29) is 22.6 Å². The Labute approximate surface area is 125 Å². The molecule has 1 N–H and O–H groups in total. The highest BCUT2D eigenvalue weighted by Gasteiger charge is 2.43. The molecule has 1 aromatic rings. The van der Waals surface area contributed by atoms with E-state index in [9.17, 15) is 18.0 Å². The Bertz CT molecular complexity index is 543. The molecule has 1 heterocycles. The summed E-state index contributed by atoms with van der Waals surface area (Å²) in [6.07, 6.45) is -4.47. The van der Waals surface area contributed by atoms with Crippen LogP contribution in [0.15, 0.2) is 35.3 Å². The molecule has 2 atom stereocenters. The number of nitrogens with one attached hydrogen (secondary N) is 1. The Morgan fingerprint density at radius 2 is 1.86 bits per heavy atom. The van der Waals surface area contributed by atoms with Crippen molar-refractivity contribution in [3.63, 3.8) is 0 Å². The zero-order valence-electron chi connectivity index (χ0n) is 11.5. The highest BCUT2D eigenvalue weighted by atomic mass is 32.2. The number of amides is 1. The topological polar surface area (TPSA) is 41.5 Å². The summed E-state index contributed by atoms with van der Waals surface area (Å²) in [4.78, 5) is 15.4. The van der Waals surface area contributed by atoms with Crippen LogP contribution < -0.4 is 5.32 Å². The van der Waals surface area contributed by atoms with Gasteiger partial charge in [0.1, 0.15) is 6.04 Å². The van der Waals surface area contributed by atoms with E-state index in [0.717, 1.165) is 11.8 Å². The van der Waals surface area contributed by atoms with Gasteiger partial charge in [-0.05, 0) is 11.5 Å². The van der Waals surface area contributed by atoms with Crippen LogP contribution in [0, 0.1) is 5.92 Å². The van der Waals surface area contributed by atoms with Gasteiger partial charge in [-0.25, -0.2) is 0 Å². The van der Waals surface area contributed by atoms with Crippen molar-refractivity contribution < 1.29 is 18.0 Å². The average molecular weight is 316 g/mol. The zero-order valence-corrected chi connectivity index (χ0v) is 12.3. The molecular formula is C14H15F3N2OS. The van der Waals surface area contributed by atoms with E-state index < -0.39 is 17.5 Å². The van der Waals surface area contributed by atoms with Gasteiger partial charge >= 0.3 is 6.18 Å². The van der Waals surface area contributed by atoms with Gasteiger partial charge in [-0.2, -0.15) is 18.2 Å². The largest absolute Gasteiger partial charge is 0.412 e. The van der Waals surface area contributed by atoms with Gasteiger partial charge in [-0.15, -0.1) is 0 Å². The van der Waals surface area contributed by atoms with Crippen LogP contribution in [0.1, 0.15) is 25.5 Å². The van der Waals surface area contributed by atoms with Crippen LogP contribution in [0.5, 0.6) is 0 Å². The summed E-state index contributed by atoms with van der Waals surface area (Å²) in [5, 5.41) is 1.97. The van der Waals surface area contributed by atoms with Gasteiger partial charge in [0.05, 0.1) is 5.25 Å². The van der Waals surface area contributed by atoms with Crippen molar-refractivity contribution in [2.75, 3.05) is 0 Å². The van der Waals surface area contributed by atoms with Crippen molar-refractivity contribution in [1.82, 2.24) is 5.32 Å². The number of alkyl halides is 3. The lowest BCUT2D eigenvalue weighted by Crippen LogP contribution is -2.36. The maximum absolute atomic E-state index is 13.2. The lowest BCUT2D eigenvalue weighted by atomic mass is 10.1. The Kier molecular flexibility index (Phi) is 4.61. The van der Waals surface area contributed by atoms with Gasteiger partial charge in [0, 0.05) is 0 Å². The van der Waals surface area contributed by atoms with Crippen molar-refractivity contribution in [3.8, 4) is 0 Å². The lowest BCUT2D eigenvalue weighted by Gasteiger charge is -2.22. The summed E-state index contributed by atoms with van der Waals surface area (Å²) in [6.45, 7) is 3.68. The van der Waals surface area contributed by atoms with Crippen LogP contribution in [0.2, 0.25) is 0 Å². The highest BCUT2D eigenvalue weighted by Crippen LogP contribution is 2.35. The summed E-state index contributed by atoms with van der Waals surface area (Å²) >= 11 is 1.06. The van der Waals surface area contributed by atoms with Crippen LogP contribution in [-0.2, 0) is 4.79 Å². The smallest absolute Gasteiger partial charge is 0.349 e. The first-order chi connectivity index (χ1) is 9.79. The first kappa shape index (κ1) is 15.9. The molecule has 7 heteroatoms. The van der Waals surface area contributed by atoms with Gasteiger partial charge in [-0.3, -0.25) is 4.79 Å². The predicted molar refractivity (Wildman–Crippen MR) is 77.0 cm³/mol. The Morgan fingerprint density at radius 1 is 1.24 bits per heavy atom. The molecule has 21 heavy (non-hydrogen) atoms. The molecule has 0 spiro atoms. The number of nitrogens with zero attached hydrogens (tertiary/aromatic N) is 1. The zero-order chi connectivity index (χ0) is 15.6. The first-order valence-electron chi connectivity index (χ1n) is 6.46. The average Bonchev–Trinajstić information content (AvgIpc) is 2.77. The molecule has 0 aliphatic carbocycles. The SMILES string of the molecule is CC(C)[C@H]1SC(N[C@H](c2ccccc2)C(F)(F)F)=NC1=O. The van der Waals surface area contributed by atoms with E-state index in [0.29, 0.717) is 0 Å². The lowest BCUT2D eigenvalue weighted by molar-refractivity contribution is -0.153. The van der Waals surface area contributed by atoms with Crippen LogP contribution in [-0.4, -0.2) is 22.5 Å². The fraction of sp³-hybridized carbons (Fsp3) is 0.429. The van der Waals surface area contributed by atoms with Crippen molar-refractivity contribution >= 4 is 22.8 Å². The molecule has 3 nitrogen and oxygen atoms in total. The molecule has 2 rings (SSSR count). The summed E-state index contributed by atoms with van der Waals surface area (Å²) in [7, 11) is 0. The van der Waals surface area contributed by atoms with E-state index in [1.165, 1.54) is 12.1 Å². The van der Waals surface area contributed by atoms with Crippen LogP contribution in [0.4, 0.5) is 13.2 Å². The monoisotopic (exact) mass is 316 g/mol. The van der Waals surface area contributed by atoms with Gasteiger partial charge in [0.15, 0.2) is 5.17 Å². The normalized spacial score (nSPS) is 20.6. The molecule has 0 fully saturated rings. The van der Waals surface area contributed by atoms with E-state index >= 15 is 0 Å². The van der Waals surface area contributed by atoms with E-state index in [4.69, 9.17) is 0 Å². The number of rotatable bonds is 3. The number of hydrogen-bond donors (Lipinski definition) is 1. The minimum absolute atomic E-state index is 0.0200. The number of amidine groups is 1. The summed E-state index contributed by atoms with van der Waals surface area (Å²) in [5.41, 5.74) is 0.0914. The second kappa shape index (κ2) is 6.09. The van der Waals surface area contributed by atoms with Gasteiger partial charge < -0.3 is 5.32 Å². The Balaban J connectivity index is 2.19. The third-order valence-corrected chi connectivity index (χ3v) is 4.46. The molecule has 0 saturated carbocycles. The van der Waals surface area contributed by atoms with Crippen molar-refractivity contribution in [1.29, 1.82) is 0 Å². The summed E-state index contributed by atoms with van der Waals surface area (Å²) in [6, 6.07) is 5.66. The molecule has 1 aliphatic heterocycles. The Morgan fingerprint density at radius 3 is 2.33 bits per heavy atom. The number of thioether (sulfide) groups is 1. The molecule has 1 aromatic carbocycles. The predicted octanol–water partition coefficient (Wildman–Crippen LogP) is 3.53. The molecule has 0 radical (unpaired) electrons. The second-order valence-corrected chi connectivity index (χ2v) is 6.20. The van der Waals surface area contributed by atoms with Crippen LogP contribution in [0.25, 0.3) is 0 Å². The van der Waals surface area contributed by atoms with E-state index in [2.05, 4.69) is 10.3 Å². The van der Waals surface area contributed by atoms with Crippen molar-refractivity contribution in [3.05, 3.63) is 35.9 Å². The minimum atomic E-state index is -4.47. The summed E-state index contributed by atoms with van der Waals surface area (Å²) < 4.78 is 39.6. The molecule has 0 bridgehead atoms. The number of hydrogen-bond acceptors (Lipinski definition) is 3. The molecule has 114 valence electrons. The van der Waals surface area contributed by atoms with Crippen LogP contribution >= 0.6 is 11.8 Å². The van der Waals surface area contributed by atoms with E-state index in [1.807, 2.05) is 13.8 Å². The molecule has 1 aliphatic rings. The molecule has 0 saturated heterocycles. The number of benzene rings is 1. The second-order valence-electron chi connectivity index (χ2n) is 5.07. The van der Waals surface area contributed by atoms with Crippen molar-refractivity contribution in [2.45, 2.75) is 31.3 Å². The standard InChI is InChI=1S/C14H15F3N2OS/c1-8(2)10-12(20)19-13(21-10)18-11(14(15,16)17)9-6-4-3-5-7-9/h3-8,10-11H,1-2H3,(H,18,19,20)/t10-,11-/m1/s1. The van der Waals surface area contributed by atoms with Gasteiger partial charge in [0.2, 0.25) is 0 Å². The van der Waals surface area contributed by atoms with Gasteiger partial charge in [-0.1, -0.05) is 55.9 Å². The number of halogens is 3. The maximum atomic E-state index is 13.2. The fourth-order valence-electron chi connectivity index (χ4n) is 1.97. The third kappa shape index (κ3) is 3.78. The molecule has 0 aromatic heterocycles. The maximum Gasteiger partial charge on any atom is 0.412 e. The number of carbonyl (C=O) groups excluding carboxylic acids is 1. The molecule has 0 unspecified atom stereocenters. The fourth-order valence-corrected chi connectivity index (χ4v) is 2.97. The molecule has 1 amide bonds. The first-order valence-corrected chi connectivity index (χ1v) is 7.34. The van der Waals surface area contributed by atoms with Crippen LogP contribution in [0.3, 0.4) is 0 Å². The van der Waals surface area contributed by atoms with Gasteiger partial charge in [0.25, 0.3) is 5.91 Å². The summed E-state index contributed by atoms with van der Waals surface area (Å²) in [5.74, 6) is -0.363. The molecular weight excluding hydrogens is 301 g/mol. The number of aliphatic imine (C=N–C) groups is 1. The highest BCUT2D eigenvalue weighted by molar-refractivity contribution is 8.15. The van der Waals surface area contributed by atoms with E-state index in [1.54, 1.807) is 18.2 Å². The quantitative estimate of drug-likeness (QED) is 0.927. The third-order valence-electron chi connectivity index (χ3n) is 3.03. The Hall–Kier alpha value is -1.50. The minimum Gasteiger partial charge on any atom is -0.349 e. The van der Waals surface area contributed by atoms with Crippen molar-refractivity contribution in [2.24, 2.45) is 10.9 Å². The number of carbonyl (C=O) groups is 1.